The van der Waals surface area contributed by atoms with Gasteiger partial charge < -0.3 is 6.15 Å². The Balaban J connectivity index is 0. The Labute approximate surface area is 89.3 Å². The van der Waals surface area contributed by atoms with Gasteiger partial charge in [0.25, 0.3) is 6.43 Å². The predicted molar refractivity (Wildman–Crippen MR) is 48.5 cm³/mol. The van der Waals surface area contributed by atoms with Crippen LogP contribution in [-0.2, 0) is 0 Å². The van der Waals surface area contributed by atoms with E-state index in [4.69, 9.17) is 0 Å². The molecule has 1 rings (SSSR count). The van der Waals surface area contributed by atoms with Gasteiger partial charge in [0.1, 0.15) is 0 Å². The largest absolute Gasteiger partial charge is 0.344 e. The van der Waals surface area contributed by atoms with E-state index >= 15 is 0 Å². The molecule has 7 heteroatoms. The summed E-state index contributed by atoms with van der Waals surface area (Å²) in [7, 11) is 0. The smallest absolute Gasteiger partial charge is 0.273 e. The zero-order chi connectivity index (χ0) is 10.0. The van der Waals surface area contributed by atoms with Gasteiger partial charge in [-0.15, -0.1) is 12.4 Å². The number of rotatable bonds is 2. The summed E-state index contributed by atoms with van der Waals surface area (Å²) < 4.78 is 60.7. The van der Waals surface area contributed by atoms with Crippen molar-refractivity contribution in [3.05, 3.63) is 35.4 Å². The molecule has 0 aromatic heterocycles. The molecule has 88 valence electrons. The molecule has 1 aromatic rings. The number of alkyl halides is 3. The summed E-state index contributed by atoms with van der Waals surface area (Å²) in [5.74, 6) is -2.52. The predicted octanol–water partition coefficient (Wildman–Crippen LogP) is 3.82. The van der Waals surface area contributed by atoms with Gasteiger partial charge in [-0.1, -0.05) is 6.07 Å². The van der Waals surface area contributed by atoms with Crippen LogP contribution in [0.3, 0.4) is 0 Å². The van der Waals surface area contributed by atoms with Crippen LogP contribution in [0.2, 0.25) is 0 Å². The first-order valence-electron chi connectivity index (χ1n) is 3.39. The van der Waals surface area contributed by atoms with Crippen molar-refractivity contribution in [3.63, 3.8) is 0 Å². The minimum absolute atomic E-state index is 0. The van der Waals surface area contributed by atoms with E-state index in [1.165, 1.54) is 0 Å². The minimum atomic E-state index is -3.23. The van der Waals surface area contributed by atoms with Crippen molar-refractivity contribution in [2.75, 3.05) is 0 Å². The molecule has 0 heterocycles. The molecule has 0 fully saturated rings. The summed E-state index contributed by atoms with van der Waals surface area (Å²) in [4.78, 5) is 0. The molecule has 0 saturated carbocycles. The summed E-state index contributed by atoms with van der Waals surface area (Å²) in [5.41, 5.74) is -0.561. The van der Waals surface area contributed by atoms with Gasteiger partial charge in [0, 0.05) is 0 Å². The van der Waals surface area contributed by atoms with E-state index in [2.05, 4.69) is 0 Å². The standard InChI is InChI=1S/C8H5F5.ClH.H3N/c9-5-2-1-4(3-6(5)10)7(11)8(12)13;;/h1-3,7-8H;1H;1H3. The van der Waals surface area contributed by atoms with Gasteiger partial charge in [0.15, 0.2) is 17.8 Å². The van der Waals surface area contributed by atoms with Gasteiger partial charge in [-0.05, 0) is 17.7 Å². The maximum absolute atomic E-state index is 12.5. The van der Waals surface area contributed by atoms with E-state index in [0.717, 1.165) is 6.07 Å². The van der Waals surface area contributed by atoms with Crippen LogP contribution in [0.25, 0.3) is 0 Å². The molecule has 15 heavy (non-hydrogen) atoms. The lowest BCUT2D eigenvalue weighted by Gasteiger charge is -2.06. The summed E-state index contributed by atoms with van der Waals surface area (Å²) in [6, 6.07) is 1.82. The van der Waals surface area contributed by atoms with Crippen molar-refractivity contribution in [1.29, 1.82) is 0 Å². The Kier molecular flexibility index (Phi) is 7.25. The third-order valence-corrected chi connectivity index (χ3v) is 1.48. The number of halogens is 6. The van der Waals surface area contributed by atoms with Crippen LogP contribution in [0.1, 0.15) is 11.7 Å². The molecule has 0 saturated heterocycles. The Morgan fingerprint density at radius 2 is 1.47 bits per heavy atom. The molecule has 1 aromatic carbocycles. The molecule has 1 nitrogen and oxygen atoms in total. The average molecular weight is 250 g/mol. The highest BCUT2D eigenvalue weighted by Crippen LogP contribution is 2.25. The van der Waals surface area contributed by atoms with E-state index in [1.807, 2.05) is 0 Å². The maximum atomic E-state index is 12.5. The van der Waals surface area contributed by atoms with Gasteiger partial charge in [0.05, 0.1) is 0 Å². The first-order chi connectivity index (χ1) is 6.02. The Morgan fingerprint density at radius 1 is 0.933 bits per heavy atom. The normalized spacial score (nSPS) is 11.6. The van der Waals surface area contributed by atoms with Gasteiger partial charge >= 0.3 is 0 Å². The fourth-order valence-electron chi connectivity index (χ4n) is 0.829. The van der Waals surface area contributed by atoms with Crippen molar-refractivity contribution in [3.8, 4) is 0 Å². The fourth-order valence-corrected chi connectivity index (χ4v) is 0.829. The topological polar surface area (TPSA) is 35.0 Å². The zero-order valence-electron chi connectivity index (χ0n) is 7.39. The minimum Gasteiger partial charge on any atom is -0.344 e. The lowest BCUT2D eigenvalue weighted by atomic mass is 10.1. The molecular formula is C8H9ClF5N. The second kappa shape index (κ2) is 6.58. The van der Waals surface area contributed by atoms with Crippen molar-refractivity contribution < 1.29 is 22.0 Å². The summed E-state index contributed by atoms with van der Waals surface area (Å²) in [6.45, 7) is 0. The second-order valence-electron chi connectivity index (χ2n) is 2.41. The molecule has 3 N–H and O–H groups in total. The van der Waals surface area contributed by atoms with Crippen LogP contribution in [0.5, 0.6) is 0 Å². The average Bonchev–Trinajstić information content (AvgIpc) is 2.08. The van der Waals surface area contributed by atoms with Crippen molar-refractivity contribution in [2.24, 2.45) is 0 Å². The first kappa shape index (κ1) is 16.5. The summed E-state index contributed by atoms with van der Waals surface area (Å²) in [6.07, 6.45) is -5.81. The van der Waals surface area contributed by atoms with Gasteiger partial charge in [0.2, 0.25) is 0 Å². The first-order valence-corrected chi connectivity index (χ1v) is 3.39. The van der Waals surface area contributed by atoms with Crippen LogP contribution in [-0.4, -0.2) is 6.43 Å². The van der Waals surface area contributed by atoms with Crippen LogP contribution >= 0.6 is 12.4 Å². The third-order valence-electron chi connectivity index (χ3n) is 1.48. The maximum Gasteiger partial charge on any atom is 0.273 e. The number of benzene rings is 1. The second-order valence-corrected chi connectivity index (χ2v) is 2.41. The highest BCUT2D eigenvalue weighted by atomic mass is 35.5. The Bertz CT molecular complexity index is 307. The van der Waals surface area contributed by atoms with E-state index in [1.54, 1.807) is 0 Å². The van der Waals surface area contributed by atoms with Crippen LogP contribution in [0.15, 0.2) is 18.2 Å². The van der Waals surface area contributed by atoms with Crippen LogP contribution in [0.4, 0.5) is 22.0 Å². The number of hydrogen-bond donors (Lipinski definition) is 1. The van der Waals surface area contributed by atoms with E-state index in [0.29, 0.717) is 12.1 Å². The fraction of sp³-hybridized carbons (Fsp3) is 0.250. The third kappa shape index (κ3) is 4.01. The molecule has 0 bridgehead atoms. The Hall–Kier alpha value is -0.880. The molecule has 0 aliphatic carbocycles. The van der Waals surface area contributed by atoms with Gasteiger partial charge in [-0.25, -0.2) is 22.0 Å². The lowest BCUT2D eigenvalue weighted by molar-refractivity contribution is 0.0493. The van der Waals surface area contributed by atoms with Gasteiger partial charge in [-0.3, -0.25) is 0 Å². The zero-order valence-corrected chi connectivity index (χ0v) is 8.21. The summed E-state index contributed by atoms with van der Waals surface area (Å²) >= 11 is 0. The highest BCUT2D eigenvalue weighted by molar-refractivity contribution is 5.85. The van der Waals surface area contributed by atoms with Gasteiger partial charge in [-0.2, -0.15) is 0 Å². The van der Waals surface area contributed by atoms with E-state index < -0.39 is 29.8 Å². The monoisotopic (exact) mass is 249 g/mol. The van der Waals surface area contributed by atoms with E-state index in [9.17, 15) is 22.0 Å². The van der Waals surface area contributed by atoms with E-state index in [-0.39, 0.29) is 18.6 Å². The molecule has 0 amide bonds. The molecule has 1 unspecified atom stereocenters. The molecular weight excluding hydrogens is 241 g/mol. The SMILES string of the molecule is Cl.Fc1ccc(C(F)C(F)F)cc1F.N. The quantitative estimate of drug-likeness (QED) is 0.795. The molecule has 0 aliphatic rings. The lowest BCUT2D eigenvalue weighted by Crippen LogP contribution is -2.03. The molecule has 0 aliphatic heterocycles. The molecule has 0 radical (unpaired) electrons. The van der Waals surface area contributed by atoms with Crippen molar-refractivity contribution in [1.82, 2.24) is 6.15 Å². The Morgan fingerprint density at radius 3 is 1.87 bits per heavy atom. The van der Waals surface area contributed by atoms with Crippen LogP contribution < -0.4 is 6.15 Å². The number of hydrogen-bond acceptors (Lipinski definition) is 1. The highest BCUT2D eigenvalue weighted by Gasteiger charge is 2.22. The van der Waals surface area contributed by atoms with Crippen molar-refractivity contribution >= 4 is 12.4 Å². The molecule has 0 spiro atoms. The molecule has 1 atom stereocenters. The van der Waals surface area contributed by atoms with Crippen molar-refractivity contribution in [2.45, 2.75) is 12.6 Å². The summed E-state index contributed by atoms with van der Waals surface area (Å²) in [5, 5.41) is 0. The van der Waals surface area contributed by atoms with Crippen LogP contribution in [0, 0.1) is 11.6 Å².